The number of hydrogen-bond donors (Lipinski definition) is 1. The third kappa shape index (κ3) is 5.27. The van der Waals surface area contributed by atoms with E-state index in [9.17, 15) is 4.79 Å². The predicted molar refractivity (Wildman–Crippen MR) is 101 cm³/mol. The molecule has 1 fully saturated rings. The van der Waals surface area contributed by atoms with Crippen molar-refractivity contribution in [3.05, 3.63) is 36.4 Å². The number of morpholine rings is 1. The first-order valence-corrected chi connectivity index (χ1v) is 9.34. The molecule has 0 unspecified atom stereocenters. The van der Waals surface area contributed by atoms with Crippen LogP contribution in [-0.2, 0) is 11.3 Å². The highest BCUT2D eigenvalue weighted by Gasteiger charge is 2.21. The van der Waals surface area contributed by atoms with Crippen LogP contribution in [-0.4, -0.2) is 71.9 Å². The Labute approximate surface area is 159 Å². The number of pyridine rings is 1. The van der Waals surface area contributed by atoms with E-state index in [0.717, 1.165) is 38.3 Å². The van der Waals surface area contributed by atoms with Crippen molar-refractivity contribution in [2.24, 2.45) is 0 Å². The van der Waals surface area contributed by atoms with Crippen molar-refractivity contribution in [3.63, 3.8) is 0 Å². The lowest BCUT2D eigenvalue weighted by molar-refractivity contribution is 0.0162. The van der Waals surface area contributed by atoms with Gasteiger partial charge in [0.05, 0.1) is 19.8 Å². The molecular weight excluding hydrogens is 346 g/mol. The molecule has 3 heterocycles. The number of nitrogens with one attached hydrogen (secondary N) is 1. The van der Waals surface area contributed by atoms with Crippen LogP contribution in [0.1, 0.15) is 19.1 Å². The van der Waals surface area contributed by atoms with Gasteiger partial charge in [-0.1, -0.05) is 12.1 Å². The number of carbonyl (C=O) groups is 1. The summed E-state index contributed by atoms with van der Waals surface area (Å²) >= 11 is 0. The Bertz CT molecular complexity index is 715. The van der Waals surface area contributed by atoms with Gasteiger partial charge in [0.15, 0.2) is 5.76 Å². The molecule has 0 radical (unpaired) electrons. The summed E-state index contributed by atoms with van der Waals surface area (Å²) < 4.78 is 10.8. The van der Waals surface area contributed by atoms with Gasteiger partial charge in [-0.15, -0.1) is 0 Å². The fourth-order valence-electron chi connectivity index (χ4n) is 3.16. The minimum atomic E-state index is -0.124. The summed E-state index contributed by atoms with van der Waals surface area (Å²) in [5, 5.41) is 7.08. The maximum Gasteiger partial charge on any atom is 0.317 e. The number of aromatic nitrogens is 2. The number of hydrogen-bond acceptors (Lipinski definition) is 6. The SMILES string of the molecule is CC[C@@H](CNC(=O)N(C)Cc1cc(-c2cccnc2)no1)N1CCOCC1. The molecule has 0 saturated carbocycles. The summed E-state index contributed by atoms with van der Waals surface area (Å²) in [7, 11) is 1.75. The van der Waals surface area contributed by atoms with E-state index in [1.807, 2.05) is 18.2 Å². The first-order chi connectivity index (χ1) is 13.2. The van der Waals surface area contributed by atoms with Crippen LogP contribution in [0.15, 0.2) is 35.1 Å². The van der Waals surface area contributed by atoms with Crippen molar-refractivity contribution in [2.75, 3.05) is 39.9 Å². The number of ether oxygens (including phenoxy) is 1. The average molecular weight is 373 g/mol. The summed E-state index contributed by atoms with van der Waals surface area (Å²) in [4.78, 5) is 20.5. The largest absolute Gasteiger partial charge is 0.379 e. The number of nitrogens with zero attached hydrogens (tertiary/aromatic N) is 4. The topological polar surface area (TPSA) is 83.7 Å². The van der Waals surface area contributed by atoms with E-state index in [-0.39, 0.29) is 6.03 Å². The van der Waals surface area contributed by atoms with Crippen molar-refractivity contribution in [1.29, 1.82) is 0 Å². The van der Waals surface area contributed by atoms with Gasteiger partial charge in [0, 0.05) is 56.7 Å². The van der Waals surface area contributed by atoms with E-state index in [0.29, 0.717) is 30.6 Å². The molecule has 2 aromatic rings. The molecule has 8 heteroatoms. The monoisotopic (exact) mass is 373 g/mol. The van der Waals surface area contributed by atoms with E-state index in [2.05, 4.69) is 27.3 Å². The zero-order valence-corrected chi connectivity index (χ0v) is 15.9. The Morgan fingerprint density at radius 1 is 1.41 bits per heavy atom. The fraction of sp³-hybridized carbons (Fsp3) is 0.526. The van der Waals surface area contributed by atoms with E-state index >= 15 is 0 Å². The highest BCUT2D eigenvalue weighted by molar-refractivity contribution is 5.73. The molecule has 8 nitrogen and oxygen atoms in total. The third-order valence-electron chi connectivity index (χ3n) is 4.78. The van der Waals surface area contributed by atoms with Crippen LogP contribution in [0.3, 0.4) is 0 Å². The minimum absolute atomic E-state index is 0.124. The molecule has 1 aliphatic heterocycles. The second-order valence-electron chi connectivity index (χ2n) is 6.67. The van der Waals surface area contributed by atoms with Crippen LogP contribution in [0, 0.1) is 0 Å². The molecular formula is C19H27N5O3. The molecule has 1 atom stereocenters. The smallest absolute Gasteiger partial charge is 0.317 e. The molecule has 27 heavy (non-hydrogen) atoms. The van der Waals surface area contributed by atoms with Gasteiger partial charge in [-0.3, -0.25) is 9.88 Å². The molecule has 0 bridgehead atoms. The summed E-state index contributed by atoms with van der Waals surface area (Å²) in [6.45, 7) is 6.47. The van der Waals surface area contributed by atoms with Gasteiger partial charge in [0.25, 0.3) is 0 Å². The molecule has 3 rings (SSSR count). The van der Waals surface area contributed by atoms with Crippen LogP contribution in [0.2, 0.25) is 0 Å². The third-order valence-corrected chi connectivity index (χ3v) is 4.78. The summed E-state index contributed by atoms with van der Waals surface area (Å²) in [5.74, 6) is 0.631. The van der Waals surface area contributed by atoms with Gasteiger partial charge in [-0.05, 0) is 18.6 Å². The van der Waals surface area contributed by atoms with Gasteiger partial charge in [0.2, 0.25) is 0 Å². The molecule has 1 saturated heterocycles. The molecule has 2 amide bonds. The van der Waals surface area contributed by atoms with Crippen molar-refractivity contribution in [2.45, 2.75) is 25.9 Å². The van der Waals surface area contributed by atoms with E-state index in [1.165, 1.54) is 0 Å². The second kappa shape index (κ2) is 9.48. The van der Waals surface area contributed by atoms with E-state index in [4.69, 9.17) is 9.26 Å². The number of urea groups is 1. The van der Waals surface area contributed by atoms with Crippen molar-refractivity contribution in [1.82, 2.24) is 25.3 Å². The van der Waals surface area contributed by atoms with E-state index in [1.54, 1.807) is 24.3 Å². The lowest BCUT2D eigenvalue weighted by Gasteiger charge is -2.34. The fourth-order valence-corrected chi connectivity index (χ4v) is 3.16. The van der Waals surface area contributed by atoms with Crippen LogP contribution < -0.4 is 5.32 Å². The molecule has 146 valence electrons. The molecule has 1 aliphatic rings. The first kappa shape index (κ1) is 19.3. The van der Waals surface area contributed by atoms with Gasteiger partial charge < -0.3 is 19.5 Å². The number of carbonyl (C=O) groups excluding carboxylic acids is 1. The van der Waals surface area contributed by atoms with Gasteiger partial charge in [-0.25, -0.2) is 4.79 Å². The summed E-state index contributed by atoms with van der Waals surface area (Å²) in [6, 6.07) is 5.81. The maximum atomic E-state index is 12.4. The van der Waals surface area contributed by atoms with Gasteiger partial charge >= 0.3 is 6.03 Å². The van der Waals surface area contributed by atoms with Crippen LogP contribution in [0.5, 0.6) is 0 Å². The van der Waals surface area contributed by atoms with Gasteiger partial charge in [0.1, 0.15) is 5.69 Å². The van der Waals surface area contributed by atoms with Crippen LogP contribution in [0.4, 0.5) is 4.79 Å². The standard InChI is InChI=1S/C19H27N5O3/c1-3-16(24-7-9-26-10-8-24)13-21-19(25)23(2)14-17-11-18(22-27-17)15-5-4-6-20-12-15/h4-6,11-12,16H,3,7-10,13-14H2,1-2H3,(H,21,25)/t16-/m0/s1. The normalized spacial score (nSPS) is 16.1. The molecule has 0 spiro atoms. The Kier molecular flexibility index (Phi) is 6.78. The lowest BCUT2D eigenvalue weighted by atomic mass is 10.2. The Morgan fingerprint density at radius 2 is 2.22 bits per heavy atom. The summed E-state index contributed by atoms with van der Waals surface area (Å²) in [6.07, 6.45) is 4.43. The zero-order chi connectivity index (χ0) is 19.1. The second-order valence-corrected chi connectivity index (χ2v) is 6.67. The predicted octanol–water partition coefficient (Wildman–Crippen LogP) is 1.99. The molecule has 2 aromatic heterocycles. The van der Waals surface area contributed by atoms with Crippen molar-refractivity contribution < 1.29 is 14.1 Å². The number of rotatable bonds is 7. The Morgan fingerprint density at radius 3 is 2.93 bits per heavy atom. The highest BCUT2D eigenvalue weighted by atomic mass is 16.5. The highest BCUT2D eigenvalue weighted by Crippen LogP contribution is 2.18. The Balaban J connectivity index is 1.49. The Hall–Kier alpha value is -2.45. The van der Waals surface area contributed by atoms with Gasteiger partial charge in [-0.2, -0.15) is 0 Å². The van der Waals surface area contributed by atoms with E-state index < -0.39 is 0 Å². The quantitative estimate of drug-likeness (QED) is 0.799. The number of amides is 2. The lowest BCUT2D eigenvalue weighted by Crippen LogP contribution is -2.50. The molecule has 0 aliphatic carbocycles. The van der Waals surface area contributed by atoms with Crippen molar-refractivity contribution >= 4 is 6.03 Å². The average Bonchev–Trinajstić information content (AvgIpc) is 3.18. The van der Waals surface area contributed by atoms with Crippen LogP contribution in [0.25, 0.3) is 11.3 Å². The maximum absolute atomic E-state index is 12.4. The summed E-state index contributed by atoms with van der Waals surface area (Å²) in [5.41, 5.74) is 1.60. The van der Waals surface area contributed by atoms with Crippen molar-refractivity contribution in [3.8, 4) is 11.3 Å². The first-order valence-electron chi connectivity index (χ1n) is 9.34. The molecule has 1 N–H and O–H groups in total. The minimum Gasteiger partial charge on any atom is -0.379 e. The van der Waals surface area contributed by atoms with Crippen LogP contribution >= 0.6 is 0 Å². The zero-order valence-electron chi connectivity index (χ0n) is 15.9. The molecule has 0 aromatic carbocycles.